The summed E-state index contributed by atoms with van der Waals surface area (Å²) < 4.78 is 70.6. The highest BCUT2D eigenvalue weighted by Crippen LogP contribution is 2.33. The molecule has 0 radical (unpaired) electrons. The lowest BCUT2D eigenvalue weighted by molar-refractivity contribution is 0.332. The molecule has 0 saturated carbocycles. The molecule has 0 aliphatic rings. The molecule has 19 heavy (non-hydrogen) atoms. The largest absolute Gasteiger partial charge is 0.451 e. The fourth-order valence-electron chi connectivity index (χ4n) is 1.32. The Morgan fingerprint density at radius 3 is 1.84 bits per heavy atom. The van der Waals surface area contributed by atoms with Gasteiger partial charge in [-0.3, -0.25) is 0 Å². The van der Waals surface area contributed by atoms with Gasteiger partial charge in [-0.15, -0.1) is 0 Å². The molecule has 0 saturated heterocycles. The van der Waals surface area contributed by atoms with Crippen LogP contribution in [0.4, 0.5) is 22.0 Å². The maximum Gasteiger partial charge on any atom is 0.207 e. The summed E-state index contributed by atoms with van der Waals surface area (Å²) >= 11 is 3.08. The molecule has 2 aromatic carbocycles. The first-order valence-electron chi connectivity index (χ1n) is 4.86. The summed E-state index contributed by atoms with van der Waals surface area (Å²) in [6, 6.07) is 5.71. The quantitative estimate of drug-likeness (QED) is 0.428. The zero-order chi connectivity index (χ0) is 14.2. The zero-order valence-corrected chi connectivity index (χ0v) is 10.6. The molecule has 7 heteroatoms. The second-order valence-electron chi connectivity index (χ2n) is 3.46. The number of hydrogen-bond acceptors (Lipinski definition) is 1. The lowest BCUT2D eigenvalue weighted by atomic mass is 10.2. The molecule has 0 aromatic heterocycles. The van der Waals surface area contributed by atoms with Gasteiger partial charge in [0, 0.05) is 4.47 Å². The molecule has 0 heterocycles. The average molecular weight is 339 g/mol. The third kappa shape index (κ3) is 2.56. The summed E-state index contributed by atoms with van der Waals surface area (Å²) in [5.74, 6) is -11.8. The van der Waals surface area contributed by atoms with Crippen molar-refractivity contribution in [3.63, 3.8) is 0 Å². The molecule has 0 N–H and O–H groups in total. The minimum absolute atomic E-state index is 0.0717. The van der Waals surface area contributed by atoms with E-state index in [1.165, 1.54) is 18.2 Å². The lowest BCUT2D eigenvalue weighted by Gasteiger charge is -2.10. The summed E-state index contributed by atoms with van der Waals surface area (Å²) in [6.07, 6.45) is 0. The molecular weight excluding hydrogens is 335 g/mol. The maximum atomic E-state index is 13.3. The van der Waals surface area contributed by atoms with Crippen molar-refractivity contribution in [2.24, 2.45) is 0 Å². The first-order valence-corrected chi connectivity index (χ1v) is 5.66. The van der Waals surface area contributed by atoms with Gasteiger partial charge >= 0.3 is 0 Å². The molecule has 2 aromatic rings. The summed E-state index contributed by atoms with van der Waals surface area (Å²) in [6.45, 7) is 0. The fourth-order valence-corrected chi connectivity index (χ4v) is 1.70. The molecule has 0 bridgehead atoms. The van der Waals surface area contributed by atoms with E-state index in [1.807, 2.05) is 0 Å². The van der Waals surface area contributed by atoms with Crippen molar-refractivity contribution in [1.82, 2.24) is 0 Å². The van der Waals surface area contributed by atoms with Gasteiger partial charge in [0.15, 0.2) is 0 Å². The SMILES string of the molecule is Fc1c(F)c(F)c(Oc2cccc(Br)c2)c(F)c1F. The third-order valence-corrected chi connectivity index (χ3v) is 2.68. The van der Waals surface area contributed by atoms with E-state index in [0.29, 0.717) is 4.47 Å². The van der Waals surface area contributed by atoms with Crippen LogP contribution < -0.4 is 4.74 Å². The Labute approximate surface area is 112 Å². The van der Waals surface area contributed by atoms with Crippen LogP contribution in [0.15, 0.2) is 28.7 Å². The highest BCUT2D eigenvalue weighted by atomic mass is 79.9. The van der Waals surface area contributed by atoms with Gasteiger partial charge in [-0.25, -0.2) is 13.2 Å². The van der Waals surface area contributed by atoms with Crippen molar-refractivity contribution in [2.45, 2.75) is 0 Å². The van der Waals surface area contributed by atoms with E-state index in [0.717, 1.165) is 0 Å². The van der Waals surface area contributed by atoms with E-state index >= 15 is 0 Å². The van der Waals surface area contributed by atoms with Crippen LogP contribution in [-0.2, 0) is 0 Å². The predicted octanol–water partition coefficient (Wildman–Crippen LogP) is 4.94. The Morgan fingerprint density at radius 2 is 1.32 bits per heavy atom. The monoisotopic (exact) mass is 338 g/mol. The molecule has 0 fully saturated rings. The lowest BCUT2D eigenvalue weighted by Crippen LogP contribution is -2.04. The first kappa shape index (κ1) is 13.8. The van der Waals surface area contributed by atoms with Crippen LogP contribution in [0.25, 0.3) is 0 Å². The standard InChI is InChI=1S/C12H4BrF5O/c13-5-2-1-3-6(4-5)19-12-10(17)8(15)7(14)9(16)11(12)18/h1-4H. The average Bonchev–Trinajstić information content (AvgIpc) is 2.39. The second kappa shape index (κ2) is 5.16. The van der Waals surface area contributed by atoms with Gasteiger partial charge in [0.1, 0.15) is 5.75 Å². The number of ether oxygens (including phenoxy) is 1. The highest BCUT2D eigenvalue weighted by molar-refractivity contribution is 9.10. The Balaban J connectivity index is 2.52. The molecule has 0 unspecified atom stereocenters. The van der Waals surface area contributed by atoms with E-state index in [1.54, 1.807) is 6.07 Å². The normalized spacial score (nSPS) is 10.6. The molecule has 1 nitrogen and oxygen atoms in total. The highest BCUT2D eigenvalue weighted by Gasteiger charge is 2.27. The van der Waals surface area contributed by atoms with Crippen molar-refractivity contribution >= 4 is 15.9 Å². The van der Waals surface area contributed by atoms with Crippen LogP contribution in [0.3, 0.4) is 0 Å². The molecule has 0 aliphatic heterocycles. The van der Waals surface area contributed by atoms with Gasteiger partial charge in [-0.2, -0.15) is 8.78 Å². The Kier molecular flexibility index (Phi) is 3.75. The summed E-state index contributed by atoms with van der Waals surface area (Å²) in [7, 11) is 0. The van der Waals surface area contributed by atoms with Gasteiger partial charge in [-0.1, -0.05) is 22.0 Å². The van der Waals surface area contributed by atoms with Crippen LogP contribution in [0.1, 0.15) is 0 Å². The number of hydrogen-bond donors (Lipinski definition) is 0. The van der Waals surface area contributed by atoms with Gasteiger partial charge in [-0.05, 0) is 18.2 Å². The van der Waals surface area contributed by atoms with Gasteiger partial charge in [0.25, 0.3) is 0 Å². The molecular formula is C12H4BrF5O. The van der Waals surface area contributed by atoms with Crippen molar-refractivity contribution < 1.29 is 26.7 Å². The molecule has 0 atom stereocenters. The van der Waals surface area contributed by atoms with Gasteiger partial charge in [0.05, 0.1) is 0 Å². The maximum absolute atomic E-state index is 13.3. The minimum Gasteiger partial charge on any atom is -0.451 e. The van der Waals surface area contributed by atoms with Crippen LogP contribution in [0.5, 0.6) is 11.5 Å². The van der Waals surface area contributed by atoms with Crippen molar-refractivity contribution in [3.8, 4) is 11.5 Å². The summed E-state index contributed by atoms with van der Waals surface area (Å²) in [4.78, 5) is 0. The van der Waals surface area contributed by atoms with E-state index in [4.69, 9.17) is 4.74 Å². The number of halogens is 6. The van der Waals surface area contributed by atoms with E-state index < -0.39 is 34.8 Å². The second-order valence-corrected chi connectivity index (χ2v) is 4.37. The molecule has 0 amide bonds. The fraction of sp³-hybridized carbons (Fsp3) is 0. The molecule has 0 spiro atoms. The van der Waals surface area contributed by atoms with Crippen molar-refractivity contribution in [1.29, 1.82) is 0 Å². The van der Waals surface area contributed by atoms with Gasteiger partial charge in [0.2, 0.25) is 34.8 Å². The zero-order valence-electron chi connectivity index (χ0n) is 8.99. The predicted molar refractivity (Wildman–Crippen MR) is 60.4 cm³/mol. The van der Waals surface area contributed by atoms with Crippen LogP contribution in [0.2, 0.25) is 0 Å². The van der Waals surface area contributed by atoms with E-state index in [2.05, 4.69) is 15.9 Å². The van der Waals surface area contributed by atoms with Crippen LogP contribution in [-0.4, -0.2) is 0 Å². The first-order chi connectivity index (χ1) is 8.91. The summed E-state index contributed by atoms with van der Waals surface area (Å²) in [5, 5.41) is 0. The Hall–Kier alpha value is -1.63. The summed E-state index contributed by atoms with van der Waals surface area (Å²) in [5.41, 5.74) is 0. The van der Waals surface area contributed by atoms with Crippen LogP contribution >= 0.6 is 15.9 Å². The van der Waals surface area contributed by atoms with Crippen LogP contribution in [0, 0.1) is 29.1 Å². The van der Waals surface area contributed by atoms with Crippen molar-refractivity contribution in [2.75, 3.05) is 0 Å². The molecule has 2 rings (SSSR count). The van der Waals surface area contributed by atoms with Gasteiger partial charge < -0.3 is 4.74 Å². The smallest absolute Gasteiger partial charge is 0.207 e. The Morgan fingerprint density at radius 1 is 0.789 bits per heavy atom. The molecule has 0 aliphatic carbocycles. The topological polar surface area (TPSA) is 9.23 Å². The minimum atomic E-state index is -2.23. The Bertz CT molecular complexity index is 615. The van der Waals surface area contributed by atoms with E-state index in [9.17, 15) is 22.0 Å². The number of benzene rings is 2. The third-order valence-electron chi connectivity index (χ3n) is 2.19. The van der Waals surface area contributed by atoms with Crippen molar-refractivity contribution in [3.05, 3.63) is 57.8 Å². The van der Waals surface area contributed by atoms with E-state index in [-0.39, 0.29) is 5.75 Å². The molecule has 100 valence electrons. The number of rotatable bonds is 2.